The lowest BCUT2D eigenvalue weighted by molar-refractivity contribution is -0.134. The van der Waals surface area contributed by atoms with Crippen molar-refractivity contribution >= 4 is 61.7 Å². The van der Waals surface area contributed by atoms with Crippen molar-refractivity contribution < 1.29 is 19.1 Å². The van der Waals surface area contributed by atoms with Crippen LogP contribution in [0.1, 0.15) is 29.8 Å². The maximum absolute atomic E-state index is 12.7. The number of anilines is 1. The van der Waals surface area contributed by atoms with Gasteiger partial charge in [-0.05, 0) is 74.5 Å². The predicted octanol–water partition coefficient (Wildman–Crippen LogP) is 6.47. The molecule has 0 aliphatic heterocycles. The molecule has 0 bridgehead atoms. The van der Waals surface area contributed by atoms with Crippen molar-refractivity contribution in [3.8, 4) is 17.0 Å². The number of hydrazine groups is 1. The Bertz CT molecular complexity index is 1460. The Balaban J connectivity index is 1.28. The zero-order valence-corrected chi connectivity index (χ0v) is 23.4. The summed E-state index contributed by atoms with van der Waals surface area (Å²) in [5.41, 5.74) is 5.92. The Hall–Kier alpha value is -3.73. The van der Waals surface area contributed by atoms with Gasteiger partial charge in [0.2, 0.25) is 0 Å². The molecule has 8 nitrogen and oxygen atoms in total. The molecule has 0 aliphatic carbocycles. The van der Waals surface area contributed by atoms with Crippen molar-refractivity contribution in [3.05, 3.63) is 98.8 Å². The van der Waals surface area contributed by atoms with Crippen molar-refractivity contribution in [2.45, 2.75) is 19.4 Å². The normalized spacial score (nSPS) is 10.9. The van der Waals surface area contributed by atoms with Gasteiger partial charge in [0, 0.05) is 31.6 Å². The molecule has 0 atom stereocenters. The molecular weight excluding hydrogens is 592 g/mol. The number of aromatic nitrogens is 1. The van der Waals surface area contributed by atoms with E-state index in [9.17, 15) is 14.4 Å². The minimum absolute atomic E-state index is 0.162. The van der Waals surface area contributed by atoms with Crippen LogP contribution in [0, 0.1) is 0 Å². The monoisotopic (exact) mass is 612 g/mol. The third-order valence-corrected chi connectivity index (χ3v) is 6.84. The molecular formula is C27H22BrClN4O4S. The molecule has 0 saturated carbocycles. The largest absolute Gasteiger partial charge is 0.478 e. The minimum Gasteiger partial charge on any atom is -0.478 e. The van der Waals surface area contributed by atoms with Crippen LogP contribution in [-0.2, 0) is 4.79 Å². The van der Waals surface area contributed by atoms with E-state index in [1.807, 2.05) is 29.6 Å². The lowest BCUT2D eigenvalue weighted by Crippen LogP contribution is -2.53. The van der Waals surface area contributed by atoms with Crippen molar-refractivity contribution in [1.29, 1.82) is 0 Å². The summed E-state index contributed by atoms with van der Waals surface area (Å²) in [6.45, 7) is 3.11. The van der Waals surface area contributed by atoms with Crippen LogP contribution in [-0.4, -0.2) is 28.3 Å². The van der Waals surface area contributed by atoms with Crippen LogP contribution in [0.4, 0.5) is 9.93 Å². The van der Waals surface area contributed by atoms with Gasteiger partial charge < -0.3 is 4.74 Å². The summed E-state index contributed by atoms with van der Waals surface area (Å²) in [6, 6.07) is 20.0. The molecule has 0 radical (unpaired) electrons. The molecule has 1 heterocycles. The van der Waals surface area contributed by atoms with Gasteiger partial charge >= 0.3 is 6.03 Å². The molecule has 3 N–H and O–H groups in total. The van der Waals surface area contributed by atoms with Gasteiger partial charge in [0.25, 0.3) is 5.91 Å². The number of nitrogens with zero attached hydrogens (tertiary/aromatic N) is 1. The van der Waals surface area contributed by atoms with Gasteiger partial charge in [-0.1, -0.05) is 39.7 Å². The van der Waals surface area contributed by atoms with Gasteiger partial charge in [0.05, 0.1) is 5.69 Å². The molecule has 4 aromatic rings. The lowest BCUT2D eigenvalue weighted by Gasteiger charge is -2.25. The highest BCUT2D eigenvalue weighted by Gasteiger charge is 2.30. The van der Waals surface area contributed by atoms with Crippen molar-refractivity contribution in [2.24, 2.45) is 0 Å². The smallest absolute Gasteiger partial charge is 0.339 e. The molecule has 0 aliphatic rings. The van der Waals surface area contributed by atoms with E-state index in [2.05, 4.69) is 37.1 Å². The molecule has 38 heavy (non-hydrogen) atoms. The maximum atomic E-state index is 12.7. The third kappa shape index (κ3) is 6.97. The Morgan fingerprint density at radius 2 is 1.50 bits per heavy atom. The third-order valence-electron chi connectivity index (χ3n) is 5.30. The van der Waals surface area contributed by atoms with Gasteiger partial charge in [-0.3, -0.25) is 20.3 Å². The van der Waals surface area contributed by atoms with Gasteiger partial charge in [0.1, 0.15) is 5.75 Å². The minimum atomic E-state index is -1.33. The Labute approximate surface area is 236 Å². The van der Waals surface area contributed by atoms with Crippen LogP contribution in [0.25, 0.3) is 11.3 Å². The second kappa shape index (κ2) is 11.8. The number of nitrogens with one attached hydrogen (secondary N) is 3. The van der Waals surface area contributed by atoms with Gasteiger partial charge in [0.15, 0.2) is 16.5 Å². The Kier molecular flexibility index (Phi) is 8.45. The Morgan fingerprint density at radius 1 is 0.895 bits per heavy atom. The number of carbonyl (C=O) groups is 3. The number of benzene rings is 3. The van der Waals surface area contributed by atoms with Gasteiger partial charge in [-0.25, -0.2) is 15.2 Å². The van der Waals surface area contributed by atoms with E-state index in [-0.39, 0.29) is 5.78 Å². The number of amides is 3. The lowest BCUT2D eigenvalue weighted by atomic mass is 10.0. The number of urea groups is 1. The molecule has 194 valence electrons. The second-order valence-electron chi connectivity index (χ2n) is 8.55. The van der Waals surface area contributed by atoms with Gasteiger partial charge in [-0.2, -0.15) is 0 Å². The first-order valence-electron chi connectivity index (χ1n) is 11.3. The highest BCUT2D eigenvalue weighted by Crippen LogP contribution is 2.26. The van der Waals surface area contributed by atoms with E-state index in [0.717, 1.165) is 15.7 Å². The number of halogens is 2. The molecule has 0 saturated heterocycles. The summed E-state index contributed by atoms with van der Waals surface area (Å²) in [5.74, 6) is -0.362. The standard InChI is InChI=1S/C27H22BrClN4O4S/c1-27(2,37-21-13-7-18(8-14-21)23(34)17-5-11-20(29)12-6-17)24(35)32-33-25(36)31-26-30-22(15-38-26)16-3-9-19(28)10-4-16/h3-15H,1-2H3,(H,32,35)(H2,30,31,33,36). The Morgan fingerprint density at radius 3 is 2.13 bits per heavy atom. The molecule has 3 amide bonds. The first-order valence-corrected chi connectivity index (χ1v) is 13.3. The summed E-state index contributed by atoms with van der Waals surface area (Å²) >= 11 is 10.5. The summed E-state index contributed by atoms with van der Waals surface area (Å²) in [5, 5.41) is 5.33. The van der Waals surface area contributed by atoms with Crippen molar-refractivity contribution in [3.63, 3.8) is 0 Å². The van der Waals surface area contributed by atoms with Crippen molar-refractivity contribution in [2.75, 3.05) is 5.32 Å². The predicted molar refractivity (Wildman–Crippen MR) is 152 cm³/mol. The number of hydrogen-bond donors (Lipinski definition) is 3. The number of rotatable bonds is 7. The van der Waals surface area contributed by atoms with E-state index in [0.29, 0.717) is 27.0 Å². The SMILES string of the molecule is CC(C)(Oc1ccc(C(=O)c2ccc(Cl)cc2)cc1)C(=O)NNC(=O)Nc1nc(-c2ccc(Br)cc2)cs1. The van der Waals surface area contributed by atoms with Crippen LogP contribution >= 0.6 is 38.9 Å². The van der Waals surface area contributed by atoms with Crippen molar-refractivity contribution in [1.82, 2.24) is 15.8 Å². The summed E-state index contributed by atoms with van der Waals surface area (Å²) in [4.78, 5) is 42.0. The zero-order chi connectivity index (χ0) is 27.3. The van der Waals surface area contributed by atoms with Crippen LogP contribution in [0.5, 0.6) is 5.75 Å². The van der Waals surface area contributed by atoms with Gasteiger partial charge in [-0.15, -0.1) is 11.3 Å². The van der Waals surface area contributed by atoms with E-state index in [1.165, 1.54) is 11.3 Å². The highest BCUT2D eigenvalue weighted by atomic mass is 79.9. The molecule has 0 fully saturated rings. The fourth-order valence-electron chi connectivity index (χ4n) is 3.26. The van der Waals surface area contributed by atoms with Crippen LogP contribution < -0.4 is 20.9 Å². The van der Waals surface area contributed by atoms with Crippen LogP contribution in [0.15, 0.2) is 82.6 Å². The fourth-order valence-corrected chi connectivity index (χ4v) is 4.37. The average Bonchev–Trinajstić information content (AvgIpc) is 3.36. The summed E-state index contributed by atoms with van der Waals surface area (Å²) in [6.07, 6.45) is 0. The highest BCUT2D eigenvalue weighted by molar-refractivity contribution is 9.10. The summed E-state index contributed by atoms with van der Waals surface area (Å²) < 4.78 is 6.76. The second-order valence-corrected chi connectivity index (χ2v) is 10.8. The van der Waals surface area contributed by atoms with Crippen LogP contribution in [0.3, 0.4) is 0 Å². The zero-order valence-electron chi connectivity index (χ0n) is 20.2. The molecule has 3 aromatic carbocycles. The quantitative estimate of drug-likeness (QED) is 0.164. The topological polar surface area (TPSA) is 109 Å². The molecule has 11 heteroatoms. The van der Waals surface area contributed by atoms with E-state index in [4.69, 9.17) is 16.3 Å². The van der Waals surface area contributed by atoms with E-state index in [1.54, 1.807) is 62.4 Å². The molecule has 0 unspecified atom stereocenters. The maximum Gasteiger partial charge on any atom is 0.339 e. The number of ketones is 1. The molecule has 0 spiro atoms. The fraction of sp³-hybridized carbons (Fsp3) is 0.111. The number of thiazole rings is 1. The summed E-state index contributed by atoms with van der Waals surface area (Å²) in [7, 11) is 0. The first kappa shape index (κ1) is 27.3. The number of ether oxygens (including phenoxy) is 1. The van der Waals surface area contributed by atoms with E-state index < -0.39 is 17.5 Å². The van der Waals surface area contributed by atoms with E-state index >= 15 is 0 Å². The van der Waals surface area contributed by atoms with Crippen LogP contribution in [0.2, 0.25) is 5.02 Å². The average molecular weight is 614 g/mol. The molecule has 1 aromatic heterocycles. The molecule has 4 rings (SSSR count). The number of carbonyl (C=O) groups excluding carboxylic acids is 3. The number of hydrogen-bond acceptors (Lipinski definition) is 6. The first-order chi connectivity index (χ1) is 18.1.